The molecule has 1 heterocycles. The van der Waals surface area contributed by atoms with Gasteiger partial charge in [-0.3, -0.25) is 10.1 Å². The van der Waals surface area contributed by atoms with E-state index in [0.717, 1.165) is 11.4 Å². The fourth-order valence-corrected chi connectivity index (χ4v) is 2.48. The average molecular weight is 331 g/mol. The number of aromatic hydroxyl groups is 1. The third-order valence-electron chi connectivity index (χ3n) is 3.69. The number of nitrogens with zero attached hydrogens (tertiary/aromatic N) is 3. The second-order valence-corrected chi connectivity index (χ2v) is 5.30. The summed E-state index contributed by atoms with van der Waals surface area (Å²) in [4.78, 5) is 10.4. The Morgan fingerprint density at radius 1 is 1.16 bits per heavy atom. The molecular formula is C19H13N3O3. The first-order chi connectivity index (χ1) is 12.1. The Bertz CT molecular complexity index is 995. The molecule has 2 aromatic carbocycles. The standard InChI is InChI=1S/C19H13N3O3/c20-13-15(14-3-1-4-18(11-14)22(24)25)12-17-5-2-10-21(17)16-6-8-19(23)9-7-16/h1-12,23H/b15-12-. The molecule has 25 heavy (non-hydrogen) atoms. The first-order valence-electron chi connectivity index (χ1n) is 7.42. The summed E-state index contributed by atoms with van der Waals surface area (Å²) in [5.74, 6) is 0.169. The quantitative estimate of drug-likeness (QED) is 0.441. The zero-order valence-electron chi connectivity index (χ0n) is 13.0. The van der Waals surface area contributed by atoms with E-state index in [2.05, 4.69) is 6.07 Å². The summed E-state index contributed by atoms with van der Waals surface area (Å²) in [6.07, 6.45) is 3.51. The lowest BCUT2D eigenvalue weighted by Crippen LogP contribution is -1.95. The third-order valence-corrected chi connectivity index (χ3v) is 3.69. The van der Waals surface area contributed by atoms with Gasteiger partial charge in [0, 0.05) is 29.7 Å². The van der Waals surface area contributed by atoms with Gasteiger partial charge < -0.3 is 9.67 Å². The van der Waals surface area contributed by atoms with Crippen molar-refractivity contribution in [3.8, 4) is 17.5 Å². The fraction of sp³-hybridized carbons (Fsp3) is 0. The van der Waals surface area contributed by atoms with Crippen LogP contribution in [0.15, 0.2) is 66.9 Å². The van der Waals surface area contributed by atoms with Crippen molar-refractivity contribution in [2.45, 2.75) is 0 Å². The molecule has 3 rings (SSSR count). The van der Waals surface area contributed by atoms with Crippen molar-refractivity contribution in [1.82, 2.24) is 4.57 Å². The van der Waals surface area contributed by atoms with Gasteiger partial charge >= 0.3 is 0 Å². The molecule has 0 saturated heterocycles. The molecule has 0 bridgehead atoms. The van der Waals surface area contributed by atoms with Crippen LogP contribution in [0.2, 0.25) is 0 Å². The van der Waals surface area contributed by atoms with Crippen LogP contribution in [0, 0.1) is 21.4 Å². The van der Waals surface area contributed by atoms with Gasteiger partial charge in [-0.1, -0.05) is 12.1 Å². The Balaban J connectivity index is 2.04. The highest BCUT2D eigenvalue weighted by atomic mass is 16.6. The highest BCUT2D eigenvalue weighted by molar-refractivity contribution is 5.89. The number of allylic oxidation sites excluding steroid dienone is 1. The molecule has 0 aliphatic rings. The lowest BCUT2D eigenvalue weighted by Gasteiger charge is -2.07. The van der Waals surface area contributed by atoms with Gasteiger partial charge in [0.2, 0.25) is 0 Å². The second-order valence-electron chi connectivity index (χ2n) is 5.30. The van der Waals surface area contributed by atoms with E-state index in [1.807, 2.05) is 22.9 Å². The minimum absolute atomic E-state index is 0.0624. The summed E-state index contributed by atoms with van der Waals surface area (Å²) in [6, 6.07) is 18.4. The van der Waals surface area contributed by atoms with Gasteiger partial charge in [0.1, 0.15) is 5.75 Å². The Morgan fingerprint density at radius 2 is 1.92 bits per heavy atom. The maximum atomic E-state index is 10.9. The normalized spacial score (nSPS) is 11.1. The van der Waals surface area contributed by atoms with Gasteiger partial charge in [0.15, 0.2) is 0 Å². The maximum Gasteiger partial charge on any atom is 0.270 e. The summed E-state index contributed by atoms with van der Waals surface area (Å²) in [5.41, 5.74) is 2.31. The summed E-state index contributed by atoms with van der Waals surface area (Å²) < 4.78 is 1.86. The minimum atomic E-state index is -0.488. The number of hydrogen-bond donors (Lipinski definition) is 1. The minimum Gasteiger partial charge on any atom is -0.508 e. The molecule has 6 heteroatoms. The third kappa shape index (κ3) is 3.41. The van der Waals surface area contributed by atoms with Crippen LogP contribution >= 0.6 is 0 Å². The molecular weight excluding hydrogens is 318 g/mol. The van der Waals surface area contributed by atoms with Crippen molar-refractivity contribution < 1.29 is 10.0 Å². The molecule has 0 amide bonds. The summed E-state index contributed by atoms with van der Waals surface area (Å²) in [7, 11) is 0. The molecule has 6 nitrogen and oxygen atoms in total. The van der Waals surface area contributed by atoms with E-state index >= 15 is 0 Å². The molecule has 0 fully saturated rings. The predicted molar refractivity (Wildman–Crippen MR) is 94.0 cm³/mol. The lowest BCUT2D eigenvalue weighted by molar-refractivity contribution is -0.384. The summed E-state index contributed by atoms with van der Waals surface area (Å²) >= 11 is 0. The maximum absolute atomic E-state index is 10.9. The van der Waals surface area contributed by atoms with Gasteiger partial charge in [0.05, 0.1) is 16.6 Å². The molecule has 0 saturated carbocycles. The van der Waals surface area contributed by atoms with Crippen LogP contribution < -0.4 is 0 Å². The Morgan fingerprint density at radius 3 is 2.60 bits per heavy atom. The van der Waals surface area contributed by atoms with Crippen molar-refractivity contribution in [2.75, 3.05) is 0 Å². The van der Waals surface area contributed by atoms with Crippen molar-refractivity contribution in [3.05, 3.63) is 88.2 Å². The summed E-state index contributed by atoms with van der Waals surface area (Å²) in [5, 5.41) is 29.8. The Hall–Kier alpha value is -3.85. The Labute approximate surface area is 143 Å². The highest BCUT2D eigenvalue weighted by Crippen LogP contribution is 2.24. The zero-order chi connectivity index (χ0) is 17.8. The first-order valence-corrected chi connectivity index (χ1v) is 7.42. The van der Waals surface area contributed by atoms with E-state index in [9.17, 15) is 20.5 Å². The van der Waals surface area contributed by atoms with E-state index < -0.39 is 4.92 Å². The van der Waals surface area contributed by atoms with E-state index in [-0.39, 0.29) is 11.4 Å². The molecule has 0 spiro atoms. The van der Waals surface area contributed by atoms with Crippen molar-refractivity contribution in [3.63, 3.8) is 0 Å². The number of nitro benzene ring substituents is 1. The zero-order valence-corrected chi connectivity index (χ0v) is 13.0. The van der Waals surface area contributed by atoms with Crippen LogP contribution in [0.4, 0.5) is 5.69 Å². The van der Waals surface area contributed by atoms with Gasteiger partial charge in [0.25, 0.3) is 5.69 Å². The topological polar surface area (TPSA) is 92.1 Å². The van der Waals surface area contributed by atoms with Crippen LogP contribution in [0.25, 0.3) is 17.3 Å². The SMILES string of the molecule is N#C/C(=C/c1cccn1-c1ccc(O)cc1)c1cccc([N+](=O)[O-])c1. The molecule has 1 N–H and O–H groups in total. The van der Waals surface area contributed by atoms with Crippen molar-refractivity contribution in [1.29, 1.82) is 5.26 Å². The van der Waals surface area contributed by atoms with Crippen LogP contribution in [0.5, 0.6) is 5.75 Å². The molecule has 122 valence electrons. The number of non-ortho nitro benzene ring substituents is 1. The largest absolute Gasteiger partial charge is 0.508 e. The smallest absolute Gasteiger partial charge is 0.270 e. The molecule has 0 aliphatic heterocycles. The lowest BCUT2D eigenvalue weighted by atomic mass is 10.1. The van der Waals surface area contributed by atoms with Gasteiger partial charge in [-0.05, 0) is 48.0 Å². The first kappa shape index (κ1) is 16.0. The fourth-order valence-electron chi connectivity index (χ4n) is 2.48. The number of nitriles is 1. The molecule has 0 aliphatic carbocycles. The number of hydrogen-bond acceptors (Lipinski definition) is 4. The van der Waals surface area contributed by atoms with Crippen molar-refractivity contribution in [2.24, 2.45) is 0 Å². The van der Waals surface area contributed by atoms with Gasteiger partial charge in [-0.15, -0.1) is 0 Å². The van der Waals surface area contributed by atoms with E-state index in [1.54, 1.807) is 42.5 Å². The van der Waals surface area contributed by atoms with Crippen molar-refractivity contribution >= 4 is 17.3 Å². The van der Waals surface area contributed by atoms with E-state index in [1.165, 1.54) is 12.1 Å². The van der Waals surface area contributed by atoms with E-state index in [0.29, 0.717) is 11.1 Å². The van der Waals surface area contributed by atoms with Crippen LogP contribution in [0.3, 0.4) is 0 Å². The molecule has 1 aromatic heterocycles. The molecule has 3 aromatic rings. The average Bonchev–Trinajstić information content (AvgIpc) is 3.08. The number of phenols is 1. The van der Waals surface area contributed by atoms with Crippen LogP contribution in [-0.4, -0.2) is 14.6 Å². The van der Waals surface area contributed by atoms with Crippen LogP contribution in [-0.2, 0) is 0 Å². The predicted octanol–water partition coefficient (Wildman–Crippen LogP) is 4.16. The Kier molecular flexibility index (Phi) is 4.31. The number of benzene rings is 2. The molecule has 0 atom stereocenters. The number of aromatic nitrogens is 1. The number of phenolic OH excluding ortho intramolecular Hbond substituents is 1. The summed E-state index contributed by atoms with van der Waals surface area (Å²) in [6.45, 7) is 0. The van der Waals surface area contributed by atoms with Gasteiger partial charge in [-0.25, -0.2) is 0 Å². The number of nitro groups is 1. The highest BCUT2D eigenvalue weighted by Gasteiger charge is 2.10. The van der Waals surface area contributed by atoms with E-state index in [4.69, 9.17) is 0 Å². The molecule has 0 radical (unpaired) electrons. The van der Waals surface area contributed by atoms with Crippen LogP contribution in [0.1, 0.15) is 11.3 Å². The second kappa shape index (κ2) is 6.72. The monoisotopic (exact) mass is 331 g/mol. The molecule has 0 unspecified atom stereocenters. The number of rotatable bonds is 4. The van der Waals surface area contributed by atoms with Gasteiger partial charge in [-0.2, -0.15) is 5.26 Å².